The van der Waals surface area contributed by atoms with Gasteiger partial charge in [0.2, 0.25) is 0 Å². The number of carbonyl (C=O) groups is 1. The summed E-state index contributed by atoms with van der Waals surface area (Å²) in [6, 6.07) is 7.18. The van der Waals surface area contributed by atoms with Crippen LogP contribution in [0.3, 0.4) is 0 Å². The molecule has 0 unspecified atom stereocenters. The summed E-state index contributed by atoms with van der Waals surface area (Å²) >= 11 is 1.48. The lowest BCUT2D eigenvalue weighted by molar-refractivity contribution is 0.0954. The molecule has 6 nitrogen and oxygen atoms in total. The molecule has 1 saturated heterocycles. The molecular weight excluding hydrogens is 394 g/mol. The molecule has 1 fully saturated rings. The van der Waals surface area contributed by atoms with Crippen molar-refractivity contribution in [2.24, 2.45) is 4.99 Å². The van der Waals surface area contributed by atoms with Gasteiger partial charge in [-0.05, 0) is 50.3 Å². The van der Waals surface area contributed by atoms with Gasteiger partial charge in [0.15, 0.2) is 15.0 Å². The number of amidine groups is 1. The number of aliphatic imine (C=N–C) groups is 1. The van der Waals surface area contributed by atoms with Crippen LogP contribution in [0.25, 0.3) is 0 Å². The van der Waals surface area contributed by atoms with Crippen LogP contribution in [-0.2, 0) is 9.84 Å². The number of allylic oxidation sites excluding steroid dienone is 1. The highest BCUT2D eigenvalue weighted by molar-refractivity contribution is 8.15. The number of benzene rings is 1. The van der Waals surface area contributed by atoms with Crippen LogP contribution in [-0.4, -0.2) is 48.8 Å². The Bertz CT molecular complexity index is 924. The fourth-order valence-electron chi connectivity index (χ4n) is 3.85. The second kappa shape index (κ2) is 8.29. The van der Waals surface area contributed by atoms with Crippen molar-refractivity contribution in [1.82, 2.24) is 5.32 Å². The minimum atomic E-state index is -2.95. The normalized spacial score (nSPS) is 25.6. The zero-order chi connectivity index (χ0) is 19.6. The number of nitrogens with one attached hydrogen (secondary N) is 2. The van der Waals surface area contributed by atoms with Gasteiger partial charge in [0.05, 0.1) is 17.5 Å². The van der Waals surface area contributed by atoms with Crippen molar-refractivity contribution in [2.45, 2.75) is 43.4 Å². The fraction of sp³-hybridized carbons (Fsp3) is 0.500. The number of nitrogens with zero attached hydrogens (tertiary/aromatic N) is 1. The van der Waals surface area contributed by atoms with E-state index in [9.17, 15) is 13.2 Å². The highest BCUT2D eigenvalue weighted by atomic mass is 32.2. The smallest absolute Gasteiger partial charge is 0.251 e. The van der Waals surface area contributed by atoms with Gasteiger partial charge in [-0.3, -0.25) is 9.79 Å². The Hall–Kier alpha value is -1.80. The van der Waals surface area contributed by atoms with Crippen LogP contribution in [0.2, 0.25) is 0 Å². The van der Waals surface area contributed by atoms with E-state index >= 15 is 0 Å². The molecule has 28 heavy (non-hydrogen) atoms. The number of amides is 1. The molecule has 2 atom stereocenters. The molecule has 0 aromatic heterocycles. The molecule has 2 aliphatic heterocycles. The summed E-state index contributed by atoms with van der Waals surface area (Å²) in [7, 11) is -2.95. The lowest BCUT2D eigenvalue weighted by Gasteiger charge is -2.13. The van der Waals surface area contributed by atoms with E-state index < -0.39 is 9.84 Å². The Kier molecular flexibility index (Phi) is 5.78. The third-order valence-corrected chi connectivity index (χ3v) is 8.45. The summed E-state index contributed by atoms with van der Waals surface area (Å²) in [5, 5.41) is 6.96. The number of carbonyl (C=O) groups excluding carboxylic acids is 1. The van der Waals surface area contributed by atoms with Crippen LogP contribution in [0, 0.1) is 0 Å². The van der Waals surface area contributed by atoms with Crippen LogP contribution in [0.1, 0.15) is 42.5 Å². The molecular formula is C20H25N3O3S2. The Morgan fingerprint density at radius 2 is 2.14 bits per heavy atom. The summed E-state index contributed by atoms with van der Waals surface area (Å²) in [5.41, 5.74) is 2.84. The predicted octanol–water partition coefficient (Wildman–Crippen LogP) is 2.99. The number of hydrogen-bond donors (Lipinski definition) is 2. The molecule has 8 heteroatoms. The summed E-state index contributed by atoms with van der Waals surface area (Å²) in [5.74, 6) is 0.244. The average molecular weight is 420 g/mol. The van der Waals surface area contributed by atoms with Crippen LogP contribution < -0.4 is 10.6 Å². The Morgan fingerprint density at radius 1 is 1.25 bits per heavy atom. The molecule has 2 N–H and O–H groups in total. The Labute approximate surface area is 170 Å². The van der Waals surface area contributed by atoms with Gasteiger partial charge in [0.25, 0.3) is 5.91 Å². The molecule has 1 aromatic carbocycles. The van der Waals surface area contributed by atoms with Crippen molar-refractivity contribution >= 4 is 38.4 Å². The number of rotatable bonds is 5. The third kappa shape index (κ3) is 4.78. The van der Waals surface area contributed by atoms with E-state index in [0.717, 1.165) is 30.1 Å². The number of thioether (sulfide) groups is 1. The van der Waals surface area contributed by atoms with Crippen LogP contribution in [0.15, 0.2) is 40.9 Å². The summed E-state index contributed by atoms with van der Waals surface area (Å²) in [6.45, 7) is 0.655. The van der Waals surface area contributed by atoms with Crippen molar-refractivity contribution < 1.29 is 13.2 Å². The second-order valence-corrected chi connectivity index (χ2v) is 10.9. The summed E-state index contributed by atoms with van der Waals surface area (Å²) in [6.07, 6.45) is 8.06. The molecule has 0 radical (unpaired) electrons. The maximum Gasteiger partial charge on any atom is 0.251 e. The van der Waals surface area contributed by atoms with Gasteiger partial charge in [-0.1, -0.05) is 29.5 Å². The highest BCUT2D eigenvalue weighted by Gasteiger charge is 2.42. The minimum absolute atomic E-state index is 0.00748. The topological polar surface area (TPSA) is 87.6 Å². The molecule has 1 amide bonds. The van der Waals surface area contributed by atoms with Gasteiger partial charge in [0.1, 0.15) is 0 Å². The largest absolute Gasteiger partial charge is 0.352 e. The molecule has 1 aliphatic carbocycles. The van der Waals surface area contributed by atoms with Crippen LogP contribution in [0.5, 0.6) is 0 Å². The maximum absolute atomic E-state index is 12.4. The molecule has 1 aromatic rings. The summed E-state index contributed by atoms with van der Waals surface area (Å²) < 4.78 is 23.3. The van der Waals surface area contributed by atoms with Gasteiger partial charge >= 0.3 is 0 Å². The minimum Gasteiger partial charge on any atom is -0.352 e. The number of anilines is 1. The SMILES string of the molecule is O=C(NCCC1=CCCCC1)c1cccc(NC2=N[C@H]3CS(=O)(=O)C[C@H]3S2)c1. The van der Waals surface area contributed by atoms with Gasteiger partial charge in [-0.2, -0.15) is 0 Å². The molecule has 0 saturated carbocycles. The second-order valence-electron chi connectivity index (χ2n) is 7.55. The van der Waals surface area contributed by atoms with E-state index in [2.05, 4.69) is 21.7 Å². The highest BCUT2D eigenvalue weighted by Crippen LogP contribution is 2.34. The maximum atomic E-state index is 12.4. The van der Waals surface area contributed by atoms with Crippen LogP contribution >= 0.6 is 11.8 Å². The van der Waals surface area contributed by atoms with E-state index in [1.165, 1.54) is 30.2 Å². The van der Waals surface area contributed by atoms with Crippen molar-refractivity contribution in [3.05, 3.63) is 41.5 Å². The third-order valence-electron chi connectivity index (χ3n) is 5.31. The van der Waals surface area contributed by atoms with Gasteiger partial charge < -0.3 is 10.6 Å². The molecule has 0 bridgehead atoms. The first kappa shape index (κ1) is 19.5. The van der Waals surface area contributed by atoms with E-state index in [1.54, 1.807) is 6.07 Å². The zero-order valence-corrected chi connectivity index (χ0v) is 17.3. The zero-order valence-electron chi connectivity index (χ0n) is 15.7. The van der Waals surface area contributed by atoms with Gasteiger partial charge in [-0.25, -0.2) is 8.42 Å². The van der Waals surface area contributed by atoms with E-state index in [4.69, 9.17) is 0 Å². The molecule has 0 spiro atoms. The van der Waals surface area contributed by atoms with Crippen molar-refractivity contribution in [3.8, 4) is 0 Å². The van der Waals surface area contributed by atoms with Crippen molar-refractivity contribution in [3.63, 3.8) is 0 Å². The van der Waals surface area contributed by atoms with Crippen molar-refractivity contribution in [2.75, 3.05) is 23.4 Å². The number of sulfone groups is 1. The van der Waals surface area contributed by atoms with E-state index in [1.807, 2.05) is 18.2 Å². The standard InChI is InChI=1S/C20H25N3O3S2/c24-19(21-10-9-14-5-2-1-3-6-14)15-7-4-8-16(11-15)22-20-23-17-12-28(25,26)13-18(17)27-20/h4-5,7-8,11,17-18H,1-3,6,9-10,12-13H2,(H,21,24)(H,22,23)/t17-,18+/m0/s1. The van der Waals surface area contributed by atoms with Gasteiger partial charge in [0, 0.05) is 23.0 Å². The molecule has 150 valence electrons. The van der Waals surface area contributed by atoms with Gasteiger partial charge in [-0.15, -0.1) is 0 Å². The lowest BCUT2D eigenvalue weighted by atomic mass is 9.97. The first-order chi connectivity index (χ1) is 13.5. The quantitative estimate of drug-likeness (QED) is 0.717. The Morgan fingerprint density at radius 3 is 2.93 bits per heavy atom. The summed E-state index contributed by atoms with van der Waals surface area (Å²) in [4.78, 5) is 16.9. The molecule has 3 aliphatic rings. The molecule has 2 heterocycles. The first-order valence-corrected chi connectivity index (χ1v) is 12.5. The van der Waals surface area contributed by atoms with E-state index in [-0.39, 0.29) is 28.7 Å². The van der Waals surface area contributed by atoms with E-state index in [0.29, 0.717) is 12.1 Å². The monoisotopic (exact) mass is 419 g/mol. The first-order valence-electron chi connectivity index (χ1n) is 9.77. The predicted molar refractivity (Wildman–Crippen MR) is 115 cm³/mol. The van der Waals surface area contributed by atoms with Crippen LogP contribution in [0.4, 0.5) is 5.69 Å². The molecule has 4 rings (SSSR count). The average Bonchev–Trinajstić information content (AvgIpc) is 3.15. The Balaban J connectivity index is 1.32. The lowest BCUT2D eigenvalue weighted by Crippen LogP contribution is -2.25. The fourth-order valence-corrected chi connectivity index (χ4v) is 7.52. The number of hydrogen-bond acceptors (Lipinski definition) is 6. The van der Waals surface area contributed by atoms with Crippen molar-refractivity contribution in [1.29, 1.82) is 0 Å². The number of fused-ring (bicyclic) bond motifs is 1.